The maximum atomic E-state index is 12.5. The maximum Gasteiger partial charge on any atom is 0.240 e. The van der Waals surface area contributed by atoms with E-state index in [1.54, 1.807) is 36.9 Å². The van der Waals surface area contributed by atoms with E-state index in [2.05, 4.69) is 9.71 Å². The summed E-state index contributed by atoms with van der Waals surface area (Å²) in [6.07, 6.45) is 4.90. The first-order valence-corrected chi connectivity index (χ1v) is 9.66. The van der Waals surface area contributed by atoms with Crippen LogP contribution in [-0.4, -0.2) is 19.5 Å². The second-order valence-corrected chi connectivity index (χ2v) is 7.79. The Balaban J connectivity index is 1.69. The lowest BCUT2D eigenvalue weighted by atomic mass is 10.2. The molecule has 0 aliphatic heterocycles. The highest BCUT2D eigenvalue weighted by Gasteiger charge is 2.14. The van der Waals surface area contributed by atoms with Gasteiger partial charge in [0.2, 0.25) is 10.0 Å². The molecule has 0 bridgehead atoms. The molecule has 1 aromatic carbocycles. The normalized spacial score (nSPS) is 11.7. The van der Waals surface area contributed by atoms with Gasteiger partial charge in [0.25, 0.3) is 0 Å². The van der Waals surface area contributed by atoms with Crippen molar-refractivity contribution in [1.82, 2.24) is 9.71 Å². The first kappa shape index (κ1) is 18.2. The molecule has 0 radical (unpaired) electrons. The molecule has 0 aliphatic rings. The molecule has 0 fully saturated rings. The molecule has 6 nitrogen and oxygen atoms in total. The zero-order valence-corrected chi connectivity index (χ0v) is 15.4. The van der Waals surface area contributed by atoms with Gasteiger partial charge in [0.15, 0.2) is 0 Å². The fraction of sp³-hybridized carbons (Fsp3) is 0.211. The van der Waals surface area contributed by atoms with Crippen LogP contribution in [0.4, 0.5) is 0 Å². The number of rotatable bonds is 7. The van der Waals surface area contributed by atoms with E-state index in [0.717, 1.165) is 11.1 Å². The molecule has 2 aromatic heterocycles. The summed E-state index contributed by atoms with van der Waals surface area (Å²) < 4.78 is 38.4. The second kappa shape index (κ2) is 7.72. The lowest BCUT2D eigenvalue weighted by molar-refractivity contribution is 0.242. The molecule has 136 valence electrons. The minimum atomic E-state index is -3.63. The fourth-order valence-electron chi connectivity index (χ4n) is 2.39. The van der Waals surface area contributed by atoms with Crippen molar-refractivity contribution in [2.45, 2.75) is 31.4 Å². The van der Waals surface area contributed by atoms with Gasteiger partial charge in [0, 0.05) is 24.5 Å². The zero-order valence-electron chi connectivity index (χ0n) is 14.5. The van der Waals surface area contributed by atoms with Gasteiger partial charge in [-0.1, -0.05) is 0 Å². The topological polar surface area (TPSA) is 81.4 Å². The monoisotopic (exact) mass is 372 g/mol. The summed E-state index contributed by atoms with van der Waals surface area (Å²) in [5, 5.41) is 0. The number of benzene rings is 1. The van der Waals surface area contributed by atoms with Gasteiger partial charge in [0.1, 0.15) is 11.5 Å². The van der Waals surface area contributed by atoms with Crippen LogP contribution in [-0.2, 0) is 16.6 Å². The fourth-order valence-corrected chi connectivity index (χ4v) is 3.41. The van der Waals surface area contributed by atoms with Crippen molar-refractivity contribution in [3.8, 4) is 17.1 Å². The van der Waals surface area contributed by atoms with Crippen molar-refractivity contribution in [2.24, 2.45) is 0 Å². The molecular weight excluding hydrogens is 352 g/mol. The molecule has 0 saturated heterocycles. The third kappa shape index (κ3) is 4.50. The molecular formula is C19H20N2O4S. The Kier molecular flexibility index (Phi) is 5.39. The van der Waals surface area contributed by atoms with Crippen LogP contribution in [0.2, 0.25) is 0 Å². The zero-order chi connectivity index (χ0) is 18.6. The van der Waals surface area contributed by atoms with E-state index in [1.165, 1.54) is 12.1 Å². The summed E-state index contributed by atoms with van der Waals surface area (Å²) in [6, 6.07) is 11.8. The highest BCUT2D eigenvalue weighted by atomic mass is 32.2. The molecule has 0 saturated carbocycles. The Bertz CT molecular complexity index is 949. The smallest absolute Gasteiger partial charge is 0.240 e. The van der Waals surface area contributed by atoms with E-state index in [4.69, 9.17) is 9.15 Å². The van der Waals surface area contributed by atoms with Gasteiger partial charge in [-0.3, -0.25) is 4.98 Å². The number of hydrogen-bond donors (Lipinski definition) is 1. The van der Waals surface area contributed by atoms with Crippen molar-refractivity contribution in [1.29, 1.82) is 0 Å². The van der Waals surface area contributed by atoms with Crippen molar-refractivity contribution < 1.29 is 17.6 Å². The van der Waals surface area contributed by atoms with E-state index in [0.29, 0.717) is 11.5 Å². The van der Waals surface area contributed by atoms with Crippen LogP contribution in [0.15, 0.2) is 70.4 Å². The summed E-state index contributed by atoms with van der Waals surface area (Å²) in [7, 11) is -3.63. The molecule has 0 spiro atoms. The van der Waals surface area contributed by atoms with E-state index >= 15 is 0 Å². The molecule has 1 N–H and O–H groups in total. The van der Waals surface area contributed by atoms with Crippen molar-refractivity contribution in [3.63, 3.8) is 0 Å². The highest BCUT2D eigenvalue weighted by Crippen LogP contribution is 2.20. The minimum Gasteiger partial charge on any atom is -0.491 e. The Hall–Kier alpha value is -2.64. The van der Waals surface area contributed by atoms with Crippen LogP contribution in [0.25, 0.3) is 11.3 Å². The van der Waals surface area contributed by atoms with Crippen LogP contribution >= 0.6 is 0 Å². The van der Waals surface area contributed by atoms with E-state index < -0.39 is 10.0 Å². The third-order valence-electron chi connectivity index (χ3n) is 3.57. The van der Waals surface area contributed by atoms with Crippen LogP contribution in [0.1, 0.15) is 19.4 Å². The van der Waals surface area contributed by atoms with Crippen molar-refractivity contribution >= 4 is 10.0 Å². The Labute approximate surface area is 152 Å². The van der Waals surface area contributed by atoms with Gasteiger partial charge < -0.3 is 9.15 Å². The van der Waals surface area contributed by atoms with Crippen molar-refractivity contribution in [3.05, 3.63) is 66.7 Å². The summed E-state index contributed by atoms with van der Waals surface area (Å²) in [5.74, 6) is 1.32. The largest absolute Gasteiger partial charge is 0.491 e. The SMILES string of the molecule is CC(C)Oc1ccc(S(=O)(=O)NCc2cncc(-c3ccco3)c2)cc1. The molecule has 0 unspecified atom stereocenters. The summed E-state index contributed by atoms with van der Waals surface area (Å²) in [5.41, 5.74) is 1.53. The molecule has 3 rings (SSSR count). The van der Waals surface area contributed by atoms with Crippen molar-refractivity contribution in [2.75, 3.05) is 0 Å². The summed E-state index contributed by atoms with van der Waals surface area (Å²) >= 11 is 0. The Morgan fingerprint density at radius 2 is 1.92 bits per heavy atom. The maximum absolute atomic E-state index is 12.5. The quantitative estimate of drug-likeness (QED) is 0.685. The molecule has 7 heteroatoms. The van der Waals surface area contributed by atoms with Crippen LogP contribution in [0, 0.1) is 0 Å². The average Bonchev–Trinajstić information content (AvgIpc) is 3.15. The number of pyridine rings is 1. The number of aromatic nitrogens is 1. The van der Waals surface area contributed by atoms with Gasteiger partial charge in [-0.15, -0.1) is 0 Å². The van der Waals surface area contributed by atoms with Gasteiger partial charge in [-0.2, -0.15) is 0 Å². The Morgan fingerprint density at radius 1 is 1.15 bits per heavy atom. The first-order chi connectivity index (χ1) is 12.4. The number of sulfonamides is 1. The molecule has 3 aromatic rings. The van der Waals surface area contributed by atoms with Gasteiger partial charge in [-0.05, 0) is 61.9 Å². The van der Waals surface area contributed by atoms with E-state index in [9.17, 15) is 8.42 Å². The Morgan fingerprint density at radius 3 is 2.58 bits per heavy atom. The minimum absolute atomic E-state index is 0.0320. The van der Waals surface area contributed by atoms with E-state index in [1.807, 2.05) is 26.0 Å². The molecule has 26 heavy (non-hydrogen) atoms. The number of ether oxygens (including phenoxy) is 1. The predicted octanol–water partition coefficient (Wildman–Crippen LogP) is 3.61. The predicted molar refractivity (Wildman–Crippen MR) is 98.2 cm³/mol. The standard InChI is InChI=1S/C19H20N2O4S/c1-14(2)25-17-5-7-18(8-6-17)26(22,23)21-12-15-10-16(13-20-11-15)19-4-3-9-24-19/h3-11,13-14,21H,12H2,1-2H3. The van der Waals surface area contributed by atoms with Gasteiger partial charge >= 0.3 is 0 Å². The van der Waals surface area contributed by atoms with Crippen LogP contribution < -0.4 is 9.46 Å². The van der Waals surface area contributed by atoms with Gasteiger partial charge in [0.05, 0.1) is 17.3 Å². The van der Waals surface area contributed by atoms with E-state index in [-0.39, 0.29) is 17.5 Å². The molecule has 0 aliphatic carbocycles. The third-order valence-corrected chi connectivity index (χ3v) is 4.99. The highest BCUT2D eigenvalue weighted by molar-refractivity contribution is 7.89. The lowest BCUT2D eigenvalue weighted by Gasteiger charge is -2.11. The average molecular weight is 372 g/mol. The summed E-state index contributed by atoms with van der Waals surface area (Å²) in [4.78, 5) is 4.33. The van der Waals surface area contributed by atoms with Crippen LogP contribution in [0.5, 0.6) is 5.75 Å². The number of furan rings is 1. The van der Waals surface area contributed by atoms with Gasteiger partial charge in [-0.25, -0.2) is 13.1 Å². The lowest BCUT2D eigenvalue weighted by Crippen LogP contribution is -2.23. The molecule has 0 amide bonds. The molecule has 2 heterocycles. The van der Waals surface area contributed by atoms with Crippen LogP contribution in [0.3, 0.4) is 0 Å². The first-order valence-electron chi connectivity index (χ1n) is 8.18. The number of nitrogens with zero attached hydrogens (tertiary/aromatic N) is 1. The molecule has 0 atom stereocenters. The number of nitrogens with one attached hydrogen (secondary N) is 1. The number of hydrogen-bond acceptors (Lipinski definition) is 5. The second-order valence-electron chi connectivity index (χ2n) is 6.02. The summed E-state index contributed by atoms with van der Waals surface area (Å²) in [6.45, 7) is 3.96.